The zero-order valence-electron chi connectivity index (χ0n) is 12.6. The van der Waals surface area contributed by atoms with Gasteiger partial charge >= 0.3 is 5.97 Å². The number of fused-ring (bicyclic) bond motifs is 1. The zero-order chi connectivity index (χ0) is 17.1. The number of hydrogen-bond acceptors (Lipinski definition) is 5. The average Bonchev–Trinajstić information content (AvgIpc) is 2.97. The summed E-state index contributed by atoms with van der Waals surface area (Å²) in [6.45, 7) is 0. The van der Waals surface area contributed by atoms with Crippen LogP contribution in [0.4, 0.5) is 5.13 Å². The fraction of sp³-hybridized carbons (Fsp3) is 0.176. The van der Waals surface area contributed by atoms with Crippen molar-refractivity contribution < 1.29 is 19.5 Å². The van der Waals surface area contributed by atoms with Crippen LogP contribution in [0.25, 0.3) is 6.08 Å². The van der Waals surface area contributed by atoms with Gasteiger partial charge in [0.1, 0.15) is 0 Å². The Bertz CT molecular complexity index is 826. The van der Waals surface area contributed by atoms with Crippen LogP contribution in [0.2, 0.25) is 0 Å². The number of nitrogens with zero attached hydrogens (tertiary/aromatic N) is 1. The van der Waals surface area contributed by atoms with Crippen molar-refractivity contribution in [2.45, 2.75) is 12.8 Å². The van der Waals surface area contributed by atoms with Gasteiger partial charge in [-0.05, 0) is 11.6 Å². The maximum absolute atomic E-state index is 12.0. The van der Waals surface area contributed by atoms with Crippen LogP contribution in [0, 0.1) is 5.92 Å². The molecule has 0 aliphatic heterocycles. The van der Waals surface area contributed by atoms with E-state index < -0.39 is 11.9 Å². The molecule has 0 saturated heterocycles. The minimum Gasteiger partial charge on any atom is -0.481 e. The van der Waals surface area contributed by atoms with Gasteiger partial charge in [0, 0.05) is 18.9 Å². The molecule has 0 radical (unpaired) electrons. The number of hydrogen-bond donors (Lipinski definition) is 2. The van der Waals surface area contributed by atoms with E-state index in [0.29, 0.717) is 15.7 Å². The number of carboxylic acid groups (broad SMARTS) is 1. The van der Waals surface area contributed by atoms with E-state index in [4.69, 9.17) is 5.11 Å². The van der Waals surface area contributed by atoms with Crippen LogP contribution in [-0.4, -0.2) is 27.8 Å². The molecule has 1 amide bonds. The van der Waals surface area contributed by atoms with Gasteiger partial charge in [-0.1, -0.05) is 41.7 Å². The minimum absolute atomic E-state index is 0.0220. The monoisotopic (exact) mass is 342 g/mol. The number of rotatable bonds is 4. The van der Waals surface area contributed by atoms with Crippen LogP contribution in [0.5, 0.6) is 0 Å². The lowest BCUT2D eigenvalue weighted by Crippen LogP contribution is -2.25. The highest BCUT2D eigenvalue weighted by molar-refractivity contribution is 7.17. The molecule has 3 rings (SSSR count). The van der Waals surface area contributed by atoms with E-state index in [1.807, 2.05) is 30.3 Å². The molecule has 24 heavy (non-hydrogen) atoms. The van der Waals surface area contributed by atoms with E-state index >= 15 is 0 Å². The highest BCUT2D eigenvalue weighted by atomic mass is 32.1. The summed E-state index contributed by atoms with van der Waals surface area (Å²) in [5, 5.41) is 12.0. The number of aliphatic carboxylic acids is 1. The lowest BCUT2D eigenvalue weighted by atomic mass is 9.90. The number of nitrogens with one attached hydrogen (secondary N) is 1. The molecule has 122 valence electrons. The Morgan fingerprint density at radius 2 is 2.00 bits per heavy atom. The van der Waals surface area contributed by atoms with Crippen LogP contribution in [0.3, 0.4) is 0 Å². The molecular formula is C17H14N2O4S. The molecule has 2 N–H and O–H groups in total. The first-order valence-corrected chi connectivity index (χ1v) is 8.14. The van der Waals surface area contributed by atoms with Crippen molar-refractivity contribution in [1.29, 1.82) is 0 Å². The van der Waals surface area contributed by atoms with Crippen LogP contribution in [0.15, 0.2) is 36.4 Å². The standard InChI is InChI=1S/C17H14N2O4S/c20-13-9-11(16(22)23)8-12-15(13)24-17(18-12)19-14(21)7-6-10-4-2-1-3-5-10/h1-7,11H,8-9H2,(H,22,23)(H,18,19,21)/b7-6+/t11-/m0/s1. The molecule has 2 aromatic rings. The van der Waals surface area contributed by atoms with Gasteiger partial charge in [-0.25, -0.2) is 4.98 Å². The van der Waals surface area contributed by atoms with Gasteiger partial charge in [-0.2, -0.15) is 0 Å². The van der Waals surface area contributed by atoms with Crippen molar-refractivity contribution in [3.8, 4) is 0 Å². The summed E-state index contributed by atoms with van der Waals surface area (Å²) in [4.78, 5) is 39.6. The van der Waals surface area contributed by atoms with E-state index in [1.54, 1.807) is 6.08 Å². The molecular weight excluding hydrogens is 328 g/mol. The number of ketones is 1. The quantitative estimate of drug-likeness (QED) is 0.833. The van der Waals surface area contributed by atoms with Crippen LogP contribution in [-0.2, 0) is 16.0 Å². The number of carbonyl (C=O) groups is 3. The van der Waals surface area contributed by atoms with E-state index in [9.17, 15) is 14.4 Å². The maximum atomic E-state index is 12.0. The second kappa shape index (κ2) is 6.76. The number of carbonyl (C=O) groups excluding carboxylic acids is 2. The summed E-state index contributed by atoms with van der Waals surface area (Å²) in [6, 6.07) is 9.37. The van der Waals surface area contributed by atoms with E-state index in [-0.39, 0.29) is 24.5 Å². The smallest absolute Gasteiger partial charge is 0.307 e. The van der Waals surface area contributed by atoms with Gasteiger partial charge in [0.25, 0.3) is 0 Å². The number of benzene rings is 1. The summed E-state index contributed by atoms with van der Waals surface area (Å²) < 4.78 is 0. The lowest BCUT2D eigenvalue weighted by molar-refractivity contribution is -0.141. The van der Waals surface area contributed by atoms with Gasteiger partial charge in [-0.3, -0.25) is 19.7 Å². The molecule has 0 unspecified atom stereocenters. The molecule has 0 bridgehead atoms. The molecule has 1 atom stereocenters. The molecule has 1 aliphatic rings. The van der Waals surface area contributed by atoms with E-state index in [1.165, 1.54) is 6.08 Å². The number of aromatic nitrogens is 1. The largest absolute Gasteiger partial charge is 0.481 e. The molecule has 1 heterocycles. The molecule has 0 spiro atoms. The second-order valence-corrected chi connectivity index (χ2v) is 6.39. The summed E-state index contributed by atoms with van der Waals surface area (Å²) >= 11 is 1.09. The SMILES string of the molecule is O=C(/C=C/c1ccccc1)Nc1nc2c(s1)C(=O)C[C@@H](C(=O)O)C2. The third-order valence-corrected chi connectivity index (χ3v) is 4.68. The number of Topliss-reactive ketones (excluding diaryl/α,β-unsaturated/α-hetero) is 1. The number of carboxylic acids is 1. The molecule has 7 heteroatoms. The molecule has 6 nitrogen and oxygen atoms in total. The summed E-state index contributed by atoms with van der Waals surface area (Å²) in [5.74, 6) is -2.33. The fourth-order valence-electron chi connectivity index (χ4n) is 2.44. The normalized spacial score (nSPS) is 16.8. The van der Waals surface area contributed by atoms with Gasteiger partial charge in [0.2, 0.25) is 5.91 Å². The predicted octanol–water partition coefficient (Wildman–Crippen LogP) is 2.62. The Morgan fingerprint density at radius 3 is 2.71 bits per heavy atom. The number of thiazole rings is 1. The Kier molecular flexibility index (Phi) is 4.52. The fourth-order valence-corrected chi connectivity index (χ4v) is 3.39. The van der Waals surface area contributed by atoms with Crippen molar-refractivity contribution in [3.05, 3.63) is 52.5 Å². The van der Waals surface area contributed by atoms with Gasteiger partial charge in [-0.15, -0.1) is 0 Å². The Morgan fingerprint density at radius 1 is 1.25 bits per heavy atom. The van der Waals surface area contributed by atoms with Gasteiger partial charge < -0.3 is 5.11 Å². The zero-order valence-corrected chi connectivity index (χ0v) is 13.4. The van der Waals surface area contributed by atoms with Crippen molar-refractivity contribution >= 4 is 40.2 Å². The topological polar surface area (TPSA) is 96.4 Å². The third-order valence-electron chi connectivity index (χ3n) is 3.63. The van der Waals surface area contributed by atoms with E-state index in [0.717, 1.165) is 16.9 Å². The third kappa shape index (κ3) is 3.57. The molecule has 1 aromatic carbocycles. The van der Waals surface area contributed by atoms with Gasteiger partial charge in [0.15, 0.2) is 10.9 Å². The lowest BCUT2D eigenvalue weighted by Gasteiger charge is -2.15. The molecule has 0 saturated carbocycles. The first kappa shape index (κ1) is 16.1. The molecule has 1 aromatic heterocycles. The summed E-state index contributed by atoms with van der Waals surface area (Å²) in [7, 11) is 0. The predicted molar refractivity (Wildman–Crippen MR) is 90.0 cm³/mol. The number of amides is 1. The van der Waals surface area contributed by atoms with Crippen molar-refractivity contribution in [3.63, 3.8) is 0 Å². The summed E-state index contributed by atoms with van der Waals surface area (Å²) in [6.07, 6.45) is 3.25. The van der Waals surface area contributed by atoms with Crippen molar-refractivity contribution in [1.82, 2.24) is 4.98 Å². The molecule has 0 fully saturated rings. The van der Waals surface area contributed by atoms with Gasteiger partial charge in [0.05, 0.1) is 16.5 Å². The Hall–Kier alpha value is -2.80. The Labute approximate surface area is 141 Å². The van der Waals surface area contributed by atoms with E-state index in [2.05, 4.69) is 10.3 Å². The number of anilines is 1. The Balaban J connectivity index is 1.70. The van der Waals surface area contributed by atoms with Crippen LogP contribution < -0.4 is 5.32 Å². The highest BCUT2D eigenvalue weighted by Gasteiger charge is 2.32. The van der Waals surface area contributed by atoms with Crippen molar-refractivity contribution in [2.24, 2.45) is 5.92 Å². The van der Waals surface area contributed by atoms with Crippen LogP contribution in [0.1, 0.15) is 27.3 Å². The first-order chi connectivity index (χ1) is 11.5. The molecule has 1 aliphatic carbocycles. The highest BCUT2D eigenvalue weighted by Crippen LogP contribution is 2.32. The maximum Gasteiger partial charge on any atom is 0.307 e. The van der Waals surface area contributed by atoms with Crippen LogP contribution >= 0.6 is 11.3 Å². The summed E-state index contributed by atoms with van der Waals surface area (Å²) in [5.41, 5.74) is 1.34. The second-order valence-electron chi connectivity index (χ2n) is 5.39. The van der Waals surface area contributed by atoms with Crippen molar-refractivity contribution in [2.75, 3.05) is 5.32 Å². The first-order valence-electron chi connectivity index (χ1n) is 7.33. The average molecular weight is 342 g/mol. The minimum atomic E-state index is -1.00.